The number of hydrogen-bond donors (Lipinski definition) is 3. The lowest BCUT2D eigenvalue weighted by molar-refractivity contribution is 0.00729. The summed E-state index contributed by atoms with van der Waals surface area (Å²) in [5, 5.41) is 17.8. The Balaban J connectivity index is 1.42. The van der Waals surface area contributed by atoms with Crippen molar-refractivity contribution in [3.63, 3.8) is 0 Å². The zero-order valence-corrected chi connectivity index (χ0v) is 28.9. The Bertz CT molecular complexity index is 1720. The van der Waals surface area contributed by atoms with Crippen molar-refractivity contribution >= 4 is 23.7 Å². The SMILES string of the molecule is COc1ccc(CNC[C@@H]2CC[C@H](c3cc(NC(=O)OC(C)(C)C)n4ncc(-c5cn[nH]c5)c4n3)CN2C(=O)OC(C)(C)C)c(OC)c1. The van der Waals surface area contributed by atoms with Gasteiger partial charge >= 0.3 is 12.2 Å². The molecule has 0 radical (unpaired) electrons. The van der Waals surface area contributed by atoms with Gasteiger partial charge < -0.3 is 29.2 Å². The van der Waals surface area contributed by atoms with E-state index in [9.17, 15) is 9.59 Å². The van der Waals surface area contributed by atoms with Crippen molar-refractivity contribution in [1.82, 2.24) is 35.0 Å². The van der Waals surface area contributed by atoms with E-state index in [2.05, 4.69) is 25.9 Å². The topological polar surface area (TPSA) is 157 Å². The molecule has 4 heterocycles. The van der Waals surface area contributed by atoms with Gasteiger partial charge in [-0.25, -0.2) is 14.6 Å². The van der Waals surface area contributed by atoms with Gasteiger partial charge in [0.15, 0.2) is 5.65 Å². The van der Waals surface area contributed by atoms with Crippen LogP contribution in [0.1, 0.15) is 71.6 Å². The number of aromatic amines is 1. The van der Waals surface area contributed by atoms with Crippen LogP contribution in [0.15, 0.2) is 42.9 Å². The number of methoxy groups -OCH3 is 2. The summed E-state index contributed by atoms with van der Waals surface area (Å²) in [4.78, 5) is 33.4. The van der Waals surface area contributed by atoms with Crippen molar-refractivity contribution < 1.29 is 28.5 Å². The van der Waals surface area contributed by atoms with Gasteiger partial charge in [0.05, 0.1) is 32.3 Å². The van der Waals surface area contributed by atoms with E-state index in [1.807, 2.05) is 39.0 Å². The number of piperidine rings is 1. The number of anilines is 1. The van der Waals surface area contributed by atoms with Crippen molar-refractivity contribution in [1.29, 1.82) is 0 Å². The number of nitrogens with one attached hydrogen (secondary N) is 3. The lowest BCUT2D eigenvalue weighted by atomic mass is 9.90. The van der Waals surface area contributed by atoms with E-state index in [1.54, 1.807) is 69.1 Å². The number of nitrogens with zero attached hydrogens (tertiary/aromatic N) is 5. The van der Waals surface area contributed by atoms with E-state index in [0.717, 1.165) is 28.9 Å². The molecule has 2 amide bonds. The second-order valence-electron chi connectivity index (χ2n) is 13.8. The highest BCUT2D eigenvalue weighted by Crippen LogP contribution is 2.34. The molecule has 14 nitrogen and oxygen atoms in total. The zero-order valence-electron chi connectivity index (χ0n) is 28.9. The highest BCUT2D eigenvalue weighted by molar-refractivity contribution is 5.86. The molecule has 0 saturated carbocycles. The Kier molecular flexibility index (Phi) is 10.1. The van der Waals surface area contributed by atoms with Crippen molar-refractivity contribution in [2.45, 2.75) is 84.1 Å². The average Bonchev–Trinajstić information content (AvgIpc) is 3.70. The predicted molar refractivity (Wildman–Crippen MR) is 180 cm³/mol. The first-order chi connectivity index (χ1) is 22.7. The number of likely N-dealkylation sites (tertiary alicyclic amines) is 1. The second-order valence-corrected chi connectivity index (χ2v) is 13.8. The summed E-state index contributed by atoms with van der Waals surface area (Å²) < 4.78 is 23.9. The summed E-state index contributed by atoms with van der Waals surface area (Å²) in [6, 6.07) is 7.39. The molecule has 1 fully saturated rings. The summed E-state index contributed by atoms with van der Waals surface area (Å²) in [5.74, 6) is 1.70. The number of amides is 2. The third-order valence-electron chi connectivity index (χ3n) is 7.87. The van der Waals surface area contributed by atoms with E-state index in [0.29, 0.717) is 49.0 Å². The van der Waals surface area contributed by atoms with Crippen molar-refractivity contribution in [2.75, 3.05) is 32.6 Å². The van der Waals surface area contributed by atoms with Crippen LogP contribution in [0.5, 0.6) is 11.5 Å². The van der Waals surface area contributed by atoms with E-state index >= 15 is 0 Å². The fraction of sp³-hybridized carbons (Fsp3) is 0.500. The summed E-state index contributed by atoms with van der Waals surface area (Å²) >= 11 is 0. The molecule has 1 saturated heterocycles. The Morgan fingerprint density at radius 2 is 1.77 bits per heavy atom. The normalized spacial score (nSPS) is 16.9. The molecular weight excluding hydrogens is 616 g/mol. The number of carbonyl (C=O) groups excluding carboxylic acids is 2. The molecule has 0 spiro atoms. The predicted octanol–water partition coefficient (Wildman–Crippen LogP) is 5.76. The minimum Gasteiger partial charge on any atom is -0.497 e. The number of aromatic nitrogens is 5. The highest BCUT2D eigenvalue weighted by atomic mass is 16.6. The Labute approximate surface area is 280 Å². The molecule has 2 atom stereocenters. The lowest BCUT2D eigenvalue weighted by Gasteiger charge is -2.40. The molecule has 3 N–H and O–H groups in total. The number of H-pyrrole nitrogens is 1. The van der Waals surface area contributed by atoms with Crippen molar-refractivity contribution in [3.8, 4) is 22.6 Å². The zero-order chi connectivity index (χ0) is 34.6. The number of ether oxygens (including phenoxy) is 4. The molecule has 3 aromatic heterocycles. The molecule has 0 aliphatic carbocycles. The smallest absolute Gasteiger partial charge is 0.413 e. The first kappa shape index (κ1) is 34.5. The standard InChI is InChI=1S/C34H46N8O6/c1-33(2,3)47-31(43)40-29-14-27(39-30-26(19-38-42(29)30)23-16-36-37-17-23)22-9-11-24(41(20-22)32(44)48-34(4,5)6)18-35-15-21-10-12-25(45-7)13-28(21)46-8/h10,12-14,16-17,19,22,24,35H,9,11,15,18,20H2,1-8H3,(H,36,37)(H,40,43)/t22-,24-/m0/s1. The minimum atomic E-state index is -0.691. The molecular formula is C34H46N8O6. The molecule has 0 bridgehead atoms. The fourth-order valence-corrected chi connectivity index (χ4v) is 5.69. The second kappa shape index (κ2) is 14.1. The first-order valence-corrected chi connectivity index (χ1v) is 16.0. The molecule has 14 heteroatoms. The van der Waals surface area contributed by atoms with Crippen LogP contribution in [-0.2, 0) is 16.0 Å². The Morgan fingerprint density at radius 1 is 1.00 bits per heavy atom. The highest BCUT2D eigenvalue weighted by Gasteiger charge is 2.36. The number of hydrogen-bond acceptors (Lipinski definition) is 10. The van der Waals surface area contributed by atoms with Crippen LogP contribution < -0.4 is 20.1 Å². The van der Waals surface area contributed by atoms with Gasteiger partial charge in [-0.1, -0.05) is 6.07 Å². The summed E-state index contributed by atoms with van der Waals surface area (Å²) in [5.41, 5.74) is 2.42. The van der Waals surface area contributed by atoms with Crippen LogP contribution in [0.2, 0.25) is 0 Å². The number of carbonyl (C=O) groups is 2. The van der Waals surface area contributed by atoms with Gasteiger partial charge in [0.1, 0.15) is 28.5 Å². The molecule has 0 unspecified atom stereocenters. The minimum absolute atomic E-state index is 0.125. The van der Waals surface area contributed by atoms with E-state index < -0.39 is 23.4 Å². The molecule has 258 valence electrons. The number of rotatable bonds is 9. The first-order valence-electron chi connectivity index (χ1n) is 16.0. The summed E-state index contributed by atoms with van der Waals surface area (Å²) in [7, 11) is 3.25. The number of benzene rings is 1. The van der Waals surface area contributed by atoms with E-state index in [1.165, 1.54) is 0 Å². The van der Waals surface area contributed by atoms with E-state index in [-0.39, 0.29) is 12.0 Å². The number of fused-ring (bicyclic) bond motifs is 1. The molecule has 1 aromatic carbocycles. The van der Waals surface area contributed by atoms with Crippen LogP contribution in [0.3, 0.4) is 0 Å². The average molecular weight is 663 g/mol. The molecule has 4 aromatic rings. The quantitative estimate of drug-likeness (QED) is 0.201. The van der Waals surface area contributed by atoms with Gasteiger partial charge in [-0.2, -0.15) is 14.7 Å². The van der Waals surface area contributed by atoms with Crippen molar-refractivity contribution in [3.05, 3.63) is 54.1 Å². The van der Waals surface area contributed by atoms with Crippen LogP contribution in [-0.4, -0.2) is 86.4 Å². The van der Waals surface area contributed by atoms with Crippen LogP contribution in [0.4, 0.5) is 15.4 Å². The van der Waals surface area contributed by atoms with Crippen molar-refractivity contribution in [2.24, 2.45) is 0 Å². The Hall–Kier alpha value is -4.85. The molecule has 1 aliphatic rings. The monoisotopic (exact) mass is 662 g/mol. The van der Waals surface area contributed by atoms with Gasteiger partial charge in [0.2, 0.25) is 0 Å². The van der Waals surface area contributed by atoms with Gasteiger partial charge in [-0.15, -0.1) is 0 Å². The largest absolute Gasteiger partial charge is 0.497 e. The maximum absolute atomic E-state index is 13.7. The molecule has 48 heavy (non-hydrogen) atoms. The van der Waals surface area contributed by atoms with E-state index in [4.69, 9.17) is 23.9 Å². The Morgan fingerprint density at radius 3 is 2.44 bits per heavy atom. The van der Waals surface area contributed by atoms with Gasteiger partial charge in [-0.05, 0) is 60.5 Å². The maximum atomic E-state index is 13.7. The summed E-state index contributed by atoms with van der Waals surface area (Å²) in [6.45, 7) is 12.4. The third kappa shape index (κ3) is 8.35. The molecule has 5 rings (SSSR count). The molecule has 1 aliphatic heterocycles. The van der Waals surface area contributed by atoms with Gasteiger partial charge in [-0.3, -0.25) is 10.4 Å². The fourth-order valence-electron chi connectivity index (χ4n) is 5.69. The lowest BCUT2D eigenvalue weighted by Crippen LogP contribution is -2.51. The summed E-state index contributed by atoms with van der Waals surface area (Å²) in [6.07, 6.45) is 5.59. The van der Waals surface area contributed by atoms with Crippen LogP contribution in [0, 0.1) is 0 Å². The van der Waals surface area contributed by atoms with Gasteiger partial charge in [0.25, 0.3) is 0 Å². The third-order valence-corrected chi connectivity index (χ3v) is 7.87. The van der Waals surface area contributed by atoms with Gasteiger partial charge in [0, 0.05) is 66.6 Å². The maximum Gasteiger partial charge on any atom is 0.413 e. The van der Waals surface area contributed by atoms with Crippen LogP contribution in [0.25, 0.3) is 16.8 Å². The van der Waals surface area contributed by atoms with Crippen LogP contribution >= 0.6 is 0 Å².